The fourth-order valence-electron chi connectivity index (χ4n) is 9.15. The van der Waals surface area contributed by atoms with E-state index in [1.165, 1.54) is 23.0 Å². The van der Waals surface area contributed by atoms with Crippen LogP contribution in [0.4, 0.5) is 22.7 Å². The van der Waals surface area contributed by atoms with Crippen LogP contribution in [0, 0.1) is 0 Å². The number of carbonyl (C=O) groups excluding carboxylic acids is 2. The summed E-state index contributed by atoms with van der Waals surface area (Å²) in [6.07, 6.45) is 10.0. The van der Waals surface area contributed by atoms with Crippen molar-refractivity contribution in [3.63, 3.8) is 0 Å². The van der Waals surface area contributed by atoms with Crippen LogP contribution >= 0.6 is 0 Å². The van der Waals surface area contributed by atoms with Gasteiger partial charge in [0.05, 0.1) is 48.4 Å². The average molecular weight is 842 g/mol. The second kappa shape index (κ2) is 15.5. The third kappa shape index (κ3) is 7.81. The maximum atomic E-state index is 13.4. The highest BCUT2D eigenvalue weighted by atomic mass is 16.5. The Morgan fingerprint density at radius 2 is 1.45 bits per heavy atom. The molecule has 4 aromatic heterocycles. The Bertz CT molecular complexity index is 2780. The number of aryl methyl sites for hydroxylation is 1. The predicted octanol–water partition coefficient (Wildman–Crippen LogP) is 4.59. The van der Waals surface area contributed by atoms with Gasteiger partial charge in [0.1, 0.15) is 39.5 Å². The van der Waals surface area contributed by atoms with Gasteiger partial charge < -0.3 is 39.6 Å². The van der Waals surface area contributed by atoms with E-state index in [2.05, 4.69) is 80.3 Å². The third-order valence-electron chi connectivity index (χ3n) is 12.2. The molecule has 2 aromatic carbocycles. The van der Waals surface area contributed by atoms with Crippen LogP contribution in [0.25, 0.3) is 11.3 Å². The van der Waals surface area contributed by atoms with Crippen LogP contribution in [-0.2, 0) is 24.0 Å². The monoisotopic (exact) mass is 841 g/mol. The molecule has 17 nitrogen and oxygen atoms in total. The van der Waals surface area contributed by atoms with Crippen molar-refractivity contribution in [2.24, 2.45) is 0 Å². The van der Waals surface area contributed by atoms with Crippen LogP contribution in [0.1, 0.15) is 71.7 Å². The van der Waals surface area contributed by atoms with Gasteiger partial charge in [0, 0.05) is 99.5 Å². The van der Waals surface area contributed by atoms with Gasteiger partial charge in [-0.1, -0.05) is 0 Å². The van der Waals surface area contributed by atoms with E-state index in [0.717, 1.165) is 117 Å². The van der Waals surface area contributed by atoms with Crippen molar-refractivity contribution in [3.05, 3.63) is 99.5 Å². The number of nitrogens with zero attached hydrogens (tertiary/aromatic N) is 8. The van der Waals surface area contributed by atoms with Crippen molar-refractivity contribution >= 4 is 45.9 Å². The summed E-state index contributed by atoms with van der Waals surface area (Å²) in [4.78, 5) is 52.7. The van der Waals surface area contributed by atoms with E-state index >= 15 is 0 Å². The van der Waals surface area contributed by atoms with E-state index < -0.39 is 0 Å². The van der Waals surface area contributed by atoms with Crippen molar-refractivity contribution in [2.75, 3.05) is 79.5 Å². The van der Waals surface area contributed by atoms with Gasteiger partial charge in [-0.25, -0.2) is 14.0 Å². The van der Waals surface area contributed by atoms with Crippen LogP contribution in [0.2, 0.25) is 0 Å². The van der Waals surface area contributed by atoms with Crippen LogP contribution in [-0.4, -0.2) is 116 Å². The summed E-state index contributed by atoms with van der Waals surface area (Å²) in [6.45, 7) is 16.0. The number of fused-ring (bicyclic) bond motifs is 8. The Balaban J connectivity index is 0.000000148. The lowest BCUT2D eigenvalue weighted by Crippen LogP contribution is -2.47. The van der Waals surface area contributed by atoms with E-state index in [4.69, 9.17) is 19.2 Å². The molecule has 6 aliphatic heterocycles. The number of amides is 2. The second-order valence-electron chi connectivity index (χ2n) is 17.9. The summed E-state index contributed by atoms with van der Waals surface area (Å²) >= 11 is 0. The SMILES string of the molecule is CC1(C)Cc2cc(NC(=O)c3cnn4ccc(=O)[nH]c34)c(N3CCOCC3)cc2O1.CC1(C)Cc2cc3c(cc2O1)N1CCN(CCCc2ccn4ncc(c4n2)C(=O)N3)CC1. The molecular weight excluding hydrogens is 791 g/mol. The van der Waals surface area contributed by atoms with Crippen molar-refractivity contribution in [3.8, 4) is 11.5 Å². The summed E-state index contributed by atoms with van der Waals surface area (Å²) < 4.78 is 20.9. The molecule has 3 N–H and O–H groups in total. The normalized spacial score (nSPS) is 19.1. The number of rotatable bonds is 3. The van der Waals surface area contributed by atoms with Crippen molar-refractivity contribution in [1.82, 2.24) is 34.1 Å². The molecule has 0 spiro atoms. The molecule has 2 amide bonds. The Hall–Kier alpha value is -6.46. The van der Waals surface area contributed by atoms with Crippen molar-refractivity contribution in [2.45, 2.75) is 64.6 Å². The first-order valence-corrected chi connectivity index (χ1v) is 21.4. The summed E-state index contributed by atoms with van der Waals surface area (Å²) in [5, 5.41) is 14.7. The first kappa shape index (κ1) is 39.7. The zero-order valence-corrected chi connectivity index (χ0v) is 35.5. The van der Waals surface area contributed by atoms with Gasteiger partial charge in [-0.3, -0.25) is 19.3 Å². The van der Waals surface area contributed by atoms with Crippen LogP contribution in [0.15, 0.2) is 66.0 Å². The smallest absolute Gasteiger partial charge is 0.261 e. The molecule has 0 saturated carbocycles. The quantitative estimate of drug-likeness (QED) is 0.227. The maximum absolute atomic E-state index is 13.4. The largest absolute Gasteiger partial charge is 0.487 e. The minimum atomic E-state index is -0.334. The lowest BCUT2D eigenvalue weighted by Gasteiger charge is -2.37. The van der Waals surface area contributed by atoms with Gasteiger partial charge in [0.15, 0.2) is 5.65 Å². The van der Waals surface area contributed by atoms with E-state index in [9.17, 15) is 14.4 Å². The molecule has 0 atom stereocenters. The number of benzene rings is 2. The highest BCUT2D eigenvalue weighted by molar-refractivity contribution is 6.10. The van der Waals surface area contributed by atoms with Crippen LogP contribution in [0.5, 0.6) is 11.5 Å². The van der Waals surface area contributed by atoms with E-state index in [0.29, 0.717) is 41.3 Å². The molecule has 0 unspecified atom stereocenters. The van der Waals surface area contributed by atoms with Crippen molar-refractivity contribution < 1.29 is 23.8 Å². The van der Waals surface area contributed by atoms with E-state index in [-0.39, 0.29) is 28.6 Å². The highest BCUT2D eigenvalue weighted by Gasteiger charge is 2.34. The van der Waals surface area contributed by atoms with Gasteiger partial charge in [-0.2, -0.15) is 10.2 Å². The lowest BCUT2D eigenvalue weighted by atomic mass is 10.0. The lowest BCUT2D eigenvalue weighted by molar-refractivity contribution is 0.102. The number of H-pyrrole nitrogens is 1. The number of morpholine rings is 1. The van der Waals surface area contributed by atoms with E-state index in [1.807, 2.05) is 24.4 Å². The number of aromatic nitrogens is 6. The number of ether oxygens (including phenoxy) is 3. The Kier molecular flexibility index (Phi) is 9.89. The zero-order chi connectivity index (χ0) is 42.8. The van der Waals surface area contributed by atoms with Gasteiger partial charge >= 0.3 is 0 Å². The Morgan fingerprint density at radius 3 is 2.21 bits per heavy atom. The Labute approximate surface area is 357 Å². The molecule has 17 heteroatoms. The first-order chi connectivity index (χ1) is 29.8. The molecular formula is C45H51N11O6. The molecule has 2 saturated heterocycles. The minimum Gasteiger partial charge on any atom is -0.487 e. The molecule has 6 aliphatic rings. The Morgan fingerprint density at radius 1 is 0.774 bits per heavy atom. The summed E-state index contributed by atoms with van der Waals surface area (Å²) in [5.41, 5.74) is 7.59. The molecule has 4 bridgehead atoms. The van der Waals surface area contributed by atoms with Gasteiger partial charge in [0.2, 0.25) is 0 Å². The van der Waals surface area contributed by atoms with E-state index in [1.54, 1.807) is 10.7 Å². The standard InChI is InChI=1S/C24H28N6O2.C21H23N5O4/c1-24(2)14-16-12-19-20(13-21(16)32-24)29-10-8-28(9-11-29)6-3-4-17-5-7-30-22(26-17)18(15-25-30)23(31)27-19;1-21(2)11-13-9-15(16(10-17(13)30-21)25-5-7-29-8-6-25)23-20(28)14-12-22-26-4-3-18(27)24-19(14)26/h5,7,12-13,15H,3-4,6,8-11,14H2,1-2H3,(H,27,31);3-4,9-10,12H,5-8,11H2,1-2H3,(H,23,28)(H,24,27). The summed E-state index contributed by atoms with van der Waals surface area (Å²) in [6, 6.07) is 11.6. The maximum Gasteiger partial charge on any atom is 0.261 e. The van der Waals surface area contributed by atoms with Crippen LogP contribution in [0.3, 0.4) is 0 Å². The number of piperazine rings is 1. The van der Waals surface area contributed by atoms with Crippen LogP contribution < -0.4 is 35.5 Å². The number of nitrogens with one attached hydrogen (secondary N) is 3. The first-order valence-electron chi connectivity index (χ1n) is 21.4. The van der Waals surface area contributed by atoms with Gasteiger partial charge in [-0.05, 0) is 65.3 Å². The van der Waals surface area contributed by atoms with Gasteiger partial charge in [-0.15, -0.1) is 0 Å². The minimum absolute atomic E-state index is 0.183. The highest BCUT2D eigenvalue weighted by Crippen LogP contribution is 2.43. The molecule has 10 heterocycles. The summed E-state index contributed by atoms with van der Waals surface area (Å²) in [5.74, 6) is 1.25. The molecule has 322 valence electrons. The summed E-state index contributed by atoms with van der Waals surface area (Å²) in [7, 11) is 0. The number of aromatic amines is 1. The molecule has 0 aliphatic carbocycles. The third-order valence-corrected chi connectivity index (χ3v) is 12.2. The zero-order valence-electron chi connectivity index (χ0n) is 35.5. The van der Waals surface area contributed by atoms with Crippen molar-refractivity contribution in [1.29, 1.82) is 0 Å². The average Bonchev–Trinajstić information content (AvgIpc) is 4.01. The topological polar surface area (TPSA) is 176 Å². The molecule has 6 aromatic rings. The second-order valence-corrected chi connectivity index (χ2v) is 17.9. The number of hydrogen-bond acceptors (Lipinski definition) is 12. The molecule has 62 heavy (non-hydrogen) atoms. The molecule has 12 rings (SSSR count). The fraction of sp³-hybridized carbons (Fsp3) is 0.422. The number of carbonyl (C=O) groups is 2. The molecule has 2 fully saturated rings. The van der Waals surface area contributed by atoms with Gasteiger partial charge in [0.25, 0.3) is 17.4 Å². The fourth-order valence-corrected chi connectivity index (χ4v) is 9.15. The number of hydrogen-bond donors (Lipinski definition) is 3. The number of anilines is 4. The molecule has 0 radical (unpaired) electrons. The predicted molar refractivity (Wildman–Crippen MR) is 234 cm³/mol.